The van der Waals surface area contributed by atoms with Crippen molar-refractivity contribution >= 4 is 34.5 Å². The lowest BCUT2D eigenvalue weighted by atomic mass is 10.2. The summed E-state index contributed by atoms with van der Waals surface area (Å²) in [6.45, 7) is 2.53. The zero-order chi connectivity index (χ0) is 11.5. The minimum absolute atomic E-state index is 0.0924. The molecule has 0 fully saturated rings. The van der Waals surface area contributed by atoms with Gasteiger partial charge in [-0.25, -0.2) is 0 Å². The Labute approximate surface area is 107 Å². The molecule has 1 unspecified atom stereocenters. The third kappa shape index (κ3) is 2.74. The van der Waals surface area contributed by atoms with E-state index >= 15 is 0 Å². The molecule has 2 heterocycles. The first kappa shape index (κ1) is 11.9. The Morgan fingerprint density at radius 1 is 1.56 bits per heavy atom. The second-order valence-electron chi connectivity index (χ2n) is 3.23. The van der Waals surface area contributed by atoms with Crippen LogP contribution in [0.3, 0.4) is 0 Å². The summed E-state index contributed by atoms with van der Waals surface area (Å²) in [5, 5.41) is 6.94. The van der Waals surface area contributed by atoms with Gasteiger partial charge >= 0.3 is 0 Å². The molecule has 2 rings (SSSR count). The average Bonchev–Trinajstić information content (AvgIpc) is 2.84. The average molecular weight is 278 g/mol. The van der Waals surface area contributed by atoms with Gasteiger partial charge in [0.05, 0.1) is 15.2 Å². The third-order valence-electron chi connectivity index (χ3n) is 2.12. The minimum Gasteiger partial charge on any atom is -0.343 e. The van der Waals surface area contributed by atoms with Gasteiger partial charge in [0, 0.05) is 6.04 Å². The van der Waals surface area contributed by atoms with Gasteiger partial charge < -0.3 is 9.84 Å². The Bertz CT molecular complexity index is 457. The minimum atomic E-state index is 0.0924. The van der Waals surface area contributed by atoms with Gasteiger partial charge in [-0.3, -0.25) is 0 Å². The van der Waals surface area contributed by atoms with E-state index in [9.17, 15) is 0 Å². The monoisotopic (exact) mass is 277 g/mol. The summed E-state index contributed by atoms with van der Waals surface area (Å²) in [7, 11) is 0. The van der Waals surface area contributed by atoms with Crippen LogP contribution in [0.5, 0.6) is 0 Å². The maximum absolute atomic E-state index is 6.04. The Kier molecular flexibility index (Phi) is 3.81. The van der Waals surface area contributed by atoms with Gasteiger partial charge in [0.1, 0.15) is 0 Å². The fourth-order valence-corrected chi connectivity index (χ4v) is 2.92. The van der Waals surface area contributed by atoms with Crippen molar-refractivity contribution in [3.05, 3.63) is 32.5 Å². The summed E-state index contributed by atoms with van der Waals surface area (Å²) in [4.78, 5) is 3.91. The highest BCUT2D eigenvalue weighted by molar-refractivity contribution is 7.20. The van der Waals surface area contributed by atoms with Crippen molar-refractivity contribution in [3.63, 3.8) is 0 Å². The van der Waals surface area contributed by atoms with E-state index < -0.39 is 0 Å². The second-order valence-corrected chi connectivity index (χ2v) is 5.52. The van der Waals surface area contributed by atoms with Crippen LogP contribution in [-0.4, -0.2) is 10.1 Å². The van der Waals surface area contributed by atoms with Gasteiger partial charge in [-0.1, -0.05) is 28.4 Å². The maximum Gasteiger partial charge on any atom is 0.213 e. The van der Waals surface area contributed by atoms with E-state index in [1.165, 1.54) is 17.7 Å². The number of thiophene rings is 1. The molecule has 16 heavy (non-hydrogen) atoms. The van der Waals surface area contributed by atoms with E-state index in [0.29, 0.717) is 21.0 Å². The van der Waals surface area contributed by atoms with E-state index in [1.807, 2.05) is 13.0 Å². The fraction of sp³-hybridized carbons (Fsp3) is 0.333. The quantitative estimate of drug-likeness (QED) is 0.932. The Morgan fingerprint density at radius 3 is 2.94 bits per heavy atom. The molecule has 0 bridgehead atoms. The summed E-state index contributed by atoms with van der Waals surface area (Å²) < 4.78 is 6.03. The predicted molar refractivity (Wildman–Crippen MR) is 63.9 cm³/mol. The zero-order valence-electron chi connectivity index (χ0n) is 8.41. The van der Waals surface area contributed by atoms with Gasteiger partial charge in [0.2, 0.25) is 6.39 Å². The third-order valence-corrected chi connectivity index (χ3v) is 3.64. The number of rotatable bonds is 4. The van der Waals surface area contributed by atoms with Crippen LogP contribution in [0.1, 0.15) is 24.4 Å². The zero-order valence-corrected chi connectivity index (χ0v) is 10.7. The summed E-state index contributed by atoms with van der Waals surface area (Å²) in [6.07, 6.45) is 1.30. The van der Waals surface area contributed by atoms with Crippen molar-refractivity contribution in [2.45, 2.75) is 19.5 Å². The molecule has 0 spiro atoms. The molecule has 0 aromatic carbocycles. The van der Waals surface area contributed by atoms with E-state index in [4.69, 9.17) is 23.2 Å². The molecule has 0 radical (unpaired) electrons. The fourth-order valence-electron chi connectivity index (χ4n) is 1.27. The lowest BCUT2D eigenvalue weighted by Gasteiger charge is -2.11. The molecule has 1 N–H and O–H groups in total. The molecule has 86 valence electrons. The standard InChI is InChI=1S/C9H9Cl2N3OS/c1-5(6-2-7(10)16-9(6)11)12-3-8-13-4-15-14-8/h2,4-5,12H,3H2,1H3. The van der Waals surface area contributed by atoms with Crippen molar-refractivity contribution < 1.29 is 4.52 Å². The van der Waals surface area contributed by atoms with Gasteiger partial charge in [-0.15, -0.1) is 11.3 Å². The molecule has 1 atom stereocenters. The molecule has 0 saturated carbocycles. The van der Waals surface area contributed by atoms with E-state index in [0.717, 1.165) is 5.56 Å². The molecule has 4 nitrogen and oxygen atoms in total. The first-order valence-corrected chi connectivity index (χ1v) is 6.17. The summed E-state index contributed by atoms with van der Waals surface area (Å²) in [5.41, 5.74) is 0.986. The molecular weight excluding hydrogens is 269 g/mol. The number of halogens is 2. The maximum atomic E-state index is 6.04. The van der Waals surface area contributed by atoms with Crippen LogP contribution < -0.4 is 5.32 Å². The van der Waals surface area contributed by atoms with Crippen LogP contribution in [0, 0.1) is 0 Å². The molecule has 0 aliphatic carbocycles. The molecule has 7 heteroatoms. The van der Waals surface area contributed by atoms with E-state index in [-0.39, 0.29) is 6.04 Å². The Balaban J connectivity index is 1.98. The Hall–Kier alpha value is -0.620. The number of nitrogens with zero attached hydrogens (tertiary/aromatic N) is 2. The molecule has 0 amide bonds. The predicted octanol–water partition coefficient (Wildman–Crippen LogP) is 3.29. The molecule has 0 aliphatic heterocycles. The molecule has 0 aliphatic rings. The highest BCUT2D eigenvalue weighted by atomic mass is 35.5. The van der Waals surface area contributed by atoms with Crippen LogP contribution in [0.15, 0.2) is 17.0 Å². The molecule has 2 aromatic rings. The van der Waals surface area contributed by atoms with Crippen LogP contribution >= 0.6 is 34.5 Å². The second kappa shape index (κ2) is 5.14. The number of nitrogens with one attached hydrogen (secondary N) is 1. The molecular formula is C9H9Cl2N3OS. The topological polar surface area (TPSA) is 51.0 Å². The van der Waals surface area contributed by atoms with Crippen LogP contribution in [0.25, 0.3) is 0 Å². The Morgan fingerprint density at radius 2 is 2.38 bits per heavy atom. The smallest absolute Gasteiger partial charge is 0.213 e. The van der Waals surface area contributed by atoms with Gasteiger partial charge in [-0.05, 0) is 18.6 Å². The number of hydrogen-bond donors (Lipinski definition) is 1. The van der Waals surface area contributed by atoms with E-state index in [1.54, 1.807) is 0 Å². The van der Waals surface area contributed by atoms with E-state index in [2.05, 4.69) is 20.0 Å². The summed E-state index contributed by atoms with van der Waals surface area (Å²) in [5.74, 6) is 0.615. The lowest BCUT2D eigenvalue weighted by molar-refractivity contribution is 0.405. The summed E-state index contributed by atoms with van der Waals surface area (Å²) >= 11 is 13.3. The molecule has 2 aromatic heterocycles. The SMILES string of the molecule is CC(NCc1ncon1)c1cc(Cl)sc1Cl. The lowest BCUT2D eigenvalue weighted by Crippen LogP contribution is -2.18. The van der Waals surface area contributed by atoms with Gasteiger partial charge in [0.15, 0.2) is 5.82 Å². The van der Waals surface area contributed by atoms with Crippen LogP contribution in [-0.2, 0) is 6.54 Å². The van der Waals surface area contributed by atoms with Crippen molar-refractivity contribution in [2.24, 2.45) is 0 Å². The van der Waals surface area contributed by atoms with Crippen LogP contribution in [0.2, 0.25) is 8.67 Å². The number of hydrogen-bond acceptors (Lipinski definition) is 5. The van der Waals surface area contributed by atoms with Gasteiger partial charge in [-0.2, -0.15) is 4.98 Å². The van der Waals surface area contributed by atoms with Crippen molar-refractivity contribution in [1.82, 2.24) is 15.5 Å². The van der Waals surface area contributed by atoms with Crippen molar-refractivity contribution in [1.29, 1.82) is 0 Å². The largest absolute Gasteiger partial charge is 0.343 e. The van der Waals surface area contributed by atoms with Gasteiger partial charge in [0.25, 0.3) is 0 Å². The normalized spacial score (nSPS) is 12.9. The first-order chi connectivity index (χ1) is 7.66. The number of aromatic nitrogens is 2. The first-order valence-electron chi connectivity index (χ1n) is 4.60. The van der Waals surface area contributed by atoms with Crippen molar-refractivity contribution in [3.8, 4) is 0 Å². The van der Waals surface area contributed by atoms with Crippen LogP contribution in [0.4, 0.5) is 0 Å². The van der Waals surface area contributed by atoms with Crippen molar-refractivity contribution in [2.75, 3.05) is 0 Å². The highest BCUT2D eigenvalue weighted by Gasteiger charge is 2.13. The highest BCUT2D eigenvalue weighted by Crippen LogP contribution is 2.34. The summed E-state index contributed by atoms with van der Waals surface area (Å²) in [6, 6.07) is 1.96. The molecule has 0 saturated heterocycles.